The van der Waals surface area contributed by atoms with Gasteiger partial charge in [-0.3, -0.25) is 0 Å². The standard InChI is InChI=1S/C26H30F3NO6/c1-5-33-23-22(31-3)17(2)34-25(24(23)32-4)36-30-16-20-10-8-18(9-11-20)6-7-19-12-14-21(15-13-19)35-26(27,28)29/h6-17,22-25H,5H2,1-4H3/t17-,22-,23+,24+,25-/m0/s1. The summed E-state index contributed by atoms with van der Waals surface area (Å²) in [6, 6.07) is 13.1. The van der Waals surface area contributed by atoms with Crippen LogP contribution in [-0.4, -0.2) is 64.1 Å². The summed E-state index contributed by atoms with van der Waals surface area (Å²) in [5.41, 5.74) is 2.44. The van der Waals surface area contributed by atoms with E-state index in [9.17, 15) is 13.2 Å². The van der Waals surface area contributed by atoms with Crippen LogP contribution in [0.2, 0.25) is 0 Å². The maximum Gasteiger partial charge on any atom is 0.573 e. The molecule has 0 spiro atoms. The first-order valence-electron chi connectivity index (χ1n) is 11.4. The number of hydrogen-bond donors (Lipinski definition) is 0. The average molecular weight is 510 g/mol. The second-order valence-corrected chi connectivity index (χ2v) is 7.99. The van der Waals surface area contributed by atoms with Gasteiger partial charge in [-0.25, -0.2) is 0 Å². The molecule has 1 aliphatic rings. The minimum Gasteiger partial charge on any atom is -0.406 e. The highest BCUT2D eigenvalue weighted by Gasteiger charge is 2.47. The first kappa shape index (κ1) is 27.7. The van der Waals surface area contributed by atoms with E-state index in [1.165, 1.54) is 12.1 Å². The van der Waals surface area contributed by atoms with Gasteiger partial charge >= 0.3 is 6.36 Å². The van der Waals surface area contributed by atoms with E-state index in [0.717, 1.165) is 16.7 Å². The fourth-order valence-electron chi connectivity index (χ4n) is 3.83. The summed E-state index contributed by atoms with van der Waals surface area (Å²) in [5, 5.41) is 4.06. The Labute approximate surface area is 208 Å². The third kappa shape index (κ3) is 7.79. The number of hydrogen-bond acceptors (Lipinski definition) is 7. The Morgan fingerprint density at radius 3 is 1.94 bits per heavy atom. The summed E-state index contributed by atoms with van der Waals surface area (Å²) in [6.45, 7) is 4.27. The molecular formula is C26H30F3NO6. The van der Waals surface area contributed by atoms with Crippen LogP contribution in [0, 0.1) is 0 Å². The van der Waals surface area contributed by atoms with Crippen LogP contribution in [0.4, 0.5) is 13.2 Å². The van der Waals surface area contributed by atoms with Gasteiger partial charge in [-0.1, -0.05) is 53.7 Å². The highest BCUT2D eigenvalue weighted by molar-refractivity contribution is 5.80. The summed E-state index contributed by atoms with van der Waals surface area (Å²) in [4.78, 5) is 5.60. The maximum atomic E-state index is 12.3. The van der Waals surface area contributed by atoms with Crippen molar-refractivity contribution in [3.63, 3.8) is 0 Å². The molecule has 196 valence electrons. The molecule has 0 N–H and O–H groups in total. The van der Waals surface area contributed by atoms with Crippen molar-refractivity contribution in [3.8, 4) is 5.75 Å². The summed E-state index contributed by atoms with van der Waals surface area (Å²) in [5.74, 6) is -0.262. The Morgan fingerprint density at radius 2 is 1.42 bits per heavy atom. The fourth-order valence-corrected chi connectivity index (χ4v) is 3.83. The molecule has 1 heterocycles. The number of oxime groups is 1. The Hall–Kier alpha value is -2.92. The number of rotatable bonds is 10. The van der Waals surface area contributed by atoms with Gasteiger partial charge in [0.25, 0.3) is 6.29 Å². The van der Waals surface area contributed by atoms with Crippen molar-refractivity contribution in [1.82, 2.24) is 0 Å². The maximum absolute atomic E-state index is 12.3. The molecule has 0 radical (unpaired) electrons. The van der Waals surface area contributed by atoms with Crippen molar-refractivity contribution in [2.75, 3.05) is 20.8 Å². The largest absolute Gasteiger partial charge is 0.573 e. The zero-order valence-electron chi connectivity index (χ0n) is 20.5. The molecule has 2 aromatic carbocycles. The van der Waals surface area contributed by atoms with Crippen molar-refractivity contribution in [1.29, 1.82) is 0 Å². The van der Waals surface area contributed by atoms with E-state index in [2.05, 4.69) is 9.89 Å². The molecule has 1 aliphatic heterocycles. The van der Waals surface area contributed by atoms with Crippen molar-refractivity contribution in [3.05, 3.63) is 65.2 Å². The van der Waals surface area contributed by atoms with E-state index in [1.54, 1.807) is 38.6 Å². The van der Waals surface area contributed by atoms with Crippen LogP contribution >= 0.6 is 0 Å². The van der Waals surface area contributed by atoms with Gasteiger partial charge in [0.1, 0.15) is 18.0 Å². The molecular weight excluding hydrogens is 479 g/mol. The molecule has 36 heavy (non-hydrogen) atoms. The molecule has 0 amide bonds. The highest BCUT2D eigenvalue weighted by Crippen LogP contribution is 2.28. The molecule has 7 nitrogen and oxygen atoms in total. The summed E-state index contributed by atoms with van der Waals surface area (Å²) >= 11 is 0. The summed E-state index contributed by atoms with van der Waals surface area (Å²) < 4.78 is 63.5. The first-order chi connectivity index (χ1) is 17.2. The zero-order valence-corrected chi connectivity index (χ0v) is 20.5. The second-order valence-electron chi connectivity index (χ2n) is 7.99. The van der Waals surface area contributed by atoms with Crippen molar-refractivity contribution < 1.29 is 41.7 Å². The fraction of sp³-hybridized carbons (Fsp3) is 0.423. The van der Waals surface area contributed by atoms with Gasteiger partial charge in [-0.2, -0.15) is 0 Å². The SMILES string of the molecule is CCO[C@@H]1[C@@H](OC)[C@H](C)O[C@@H](ON=Cc2ccc(C=Cc3ccc(OC(F)(F)F)cc3)cc2)[C@@H]1OC. The van der Waals surface area contributed by atoms with Crippen molar-refractivity contribution in [2.24, 2.45) is 5.16 Å². The van der Waals surface area contributed by atoms with Crippen LogP contribution in [0.5, 0.6) is 5.75 Å². The predicted molar refractivity (Wildman–Crippen MR) is 129 cm³/mol. The number of alkyl halides is 3. The van der Waals surface area contributed by atoms with E-state index in [-0.39, 0.29) is 24.1 Å². The minimum atomic E-state index is -4.71. The molecule has 3 rings (SSSR count). The lowest BCUT2D eigenvalue weighted by atomic mass is 9.99. The van der Waals surface area contributed by atoms with Gasteiger partial charge in [0.15, 0.2) is 6.10 Å². The Kier molecular flexibility index (Phi) is 9.89. The van der Waals surface area contributed by atoms with Crippen LogP contribution in [0.15, 0.2) is 53.7 Å². The molecule has 5 atom stereocenters. The average Bonchev–Trinajstić information content (AvgIpc) is 2.84. The highest BCUT2D eigenvalue weighted by atomic mass is 19.4. The van der Waals surface area contributed by atoms with Gasteiger partial charge in [0.05, 0.1) is 12.3 Å². The topological polar surface area (TPSA) is 67.7 Å². The third-order valence-electron chi connectivity index (χ3n) is 5.52. The number of ether oxygens (including phenoxy) is 5. The molecule has 0 aliphatic carbocycles. The number of methoxy groups -OCH3 is 2. The van der Waals surface area contributed by atoms with Crippen molar-refractivity contribution in [2.45, 2.75) is 50.9 Å². The van der Waals surface area contributed by atoms with Gasteiger partial charge in [0.2, 0.25) is 0 Å². The second kappa shape index (κ2) is 12.9. The normalized spacial score (nSPS) is 24.9. The molecule has 1 saturated heterocycles. The Balaban J connectivity index is 1.57. The van der Waals surface area contributed by atoms with E-state index < -0.39 is 18.8 Å². The molecule has 2 aromatic rings. The Morgan fingerprint density at radius 1 is 0.861 bits per heavy atom. The number of halogens is 3. The van der Waals surface area contributed by atoms with Crippen LogP contribution in [-0.2, 0) is 23.8 Å². The third-order valence-corrected chi connectivity index (χ3v) is 5.52. The van der Waals surface area contributed by atoms with Gasteiger partial charge in [-0.05, 0) is 42.7 Å². The minimum absolute atomic E-state index is 0.262. The summed E-state index contributed by atoms with van der Waals surface area (Å²) in [6.07, 6.45) is -1.75. The van der Waals surface area contributed by atoms with Crippen LogP contribution in [0.1, 0.15) is 30.5 Å². The van der Waals surface area contributed by atoms with Gasteiger partial charge < -0.3 is 28.5 Å². The number of benzene rings is 2. The van der Waals surface area contributed by atoms with Crippen molar-refractivity contribution >= 4 is 18.4 Å². The van der Waals surface area contributed by atoms with Crippen LogP contribution < -0.4 is 4.74 Å². The van der Waals surface area contributed by atoms with Gasteiger partial charge in [0, 0.05) is 20.8 Å². The monoisotopic (exact) mass is 509 g/mol. The number of nitrogens with zero attached hydrogens (tertiary/aromatic N) is 1. The van der Waals surface area contributed by atoms with Crippen LogP contribution in [0.25, 0.3) is 12.2 Å². The van der Waals surface area contributed by atoms with E-state index in [0.29, 0.717) is 6.61 Å². The molecule has 10 heteroatoms. The predicted octanol–water partition coefficient (Wildman–Crippen LogP) is 5.29. The molecule has 0 unspecified atom stereocenters. The lowest BCUT2D eigenvalue weighted by Crippen LogP contribution is -2.59. The van der Waals surface area contributed by atoms with E-state index in [1.807, 2.05) is 44.2 Å². The van der Waals surface area contributed by atoms with Crippen LogP contribution in [0.3, 0.4) is 0 Å². The van der Waals surface area contributed by atoms with E-state index in [4.69, 9.17) is 23.8 Å². The smallest absolute Gasteiger partial charge is 0.406 e. The quantitative estimate of drug-likeness (QED) is 0.247. The van der Waals surface area contributed by atoms with Gasteiger partial charge in [-0.15, -0.1) is 13.2 Å². The summed E-state index contributed by atoms with van der Waals surface area (Å²) in [7, 11) is 3.16. The molecule has 0 aromatic heterocycles. The zero-order chi connectivity index (χ0) is 26.1. The first-order valence-corrected chi connectivity index (χ1v) is 11.4. The molecule has 0 bridgehead atoms. The van der Waals surface area contributed by atoms with E-state index >= 15 is 0 Å². The molecule has 0 saturated carbocycles. The molecule has 1 fully saturated rings. The lowest BCUT2D eigenvalue weighted by Gasteiger charge is -2.42. The Bertz CT molecular complexity index is 994. The lowest BCUT2D eigenvalue weighted by molar-refractivity contribution is -0.308.